The normalized spacial score (nSPS) is 19.9. The van der Waals surface area contributed by atoms with Gasteiger partial charge in [0.05, 0.1) is 12.4 Å². The van der Waals surface area contributed by atoms with E-state index in [1.165, 1.54) is 6.42 Å². The molecule has 1 aromatic rings. The van der Waals surface area contributed by atoms with Crippen LogP contribution >= 0.6 is 12.2 Å². The summed E-state index contributed by atoms with van der Waals surface area (Å²) in [6, 6.07) is 0. The van der Waals surface area contributed by atoms with Crippen LogP contribution in [0.3, 0.4) is 0 Å². The summed E-state index contributed by atoms with van der Waals surface area (Å²) >= 11 is 4.85. The van der Waals surface area contributed by atoms with E-state index in [4.69, 9.17) is 18.0 Å². The van der Waals surface area contributed by atoms with Crippen molar-refractivity contribution in [1.82, 2.24) is 9.97 Å². The predicted octanol–water partition coefficient (Wildman–Crippen LogP) is 1.59. The van der Waals surface area contributed by atoms with Gasteiger partial charge in [-0.2, -0.15) is 0 Å². The number of nitrogens with zero attached hydrogens (tertiary/aromatic N) is 3. The van der Waals surface area contributed by atoms with Crippen molar-refractivity contribution < 1.29 is 0 Å². The van der Waals surface area contributed by atoms with Crippen molar-refractivity contribution in [3.63, 3.8) is 0 Å². The molecule has 5 heteroatoms. The van der Waals surface area contributed by atoms with Gasteiger partial charge in [-0.05, 0) is 18.3 Å². The lowest BCUT2D eigenvalue weighted by Crippen LogP contribution is -2.23. The van der Waals surface area contributed by atoms with E-state index in [1.807, 2.05) is 0 Å². The average molecular weight is 250 g/mol. The van der Waals surface area contributed by atoms with Crippen LogP contribution in [-0.2, 0) is 0 Å². The number of rotatable bonds is 3. The standard InChI is InChI=1S/C12H18N4S/c1-8(2)9-3-4-16(7-9)11-6-14-10(5-15-11)12(13)17/h5-6,8-9H,3-4,7H2,1-2H3,(H2,13,17). The van der Waals surface area contributed by atoms with E-state index >= 15 is 0 Å². The minimum absolute atomic E-state index is 0.297. The van der Waals surface area contributed by atoms with E-state index in [2.05, 4.69) is 28.7 Å². The van der Waals surface area contributed by atoms with Gasteiger partial charge in [-0.3, -0.25) is 0 Å². The fraction of sp³-hybridized carbons (Fsp3) is 0.583. The Morgan fingerprint density at radius 3 is 2.71 bits per heavy atom. The molecule has 0 radical (unpaired) electrons. The van der Waals surface area contributed by atoms with Crippen LogP contribution in [0.25, 0.3) is 0 Å². The molecule has 0 aromatic carbocycles. The van der Waals surface area contributed by atoms with Gasteiger partial charge in [-0.15, -0.1) is 0 Å². The Hall–Kier alpha value is -1.23. The van der Waals surface area contributed by atoms with Crippen molar-refractivity contribution in [2.45, 2.75) is 20.3 Å². The van der Waals surface area contributed by atoms with E-state index in [1.54, 1.807) is 12.4 Å². The fourth-order valence-corrected chi connectivity index (χ4v) is 2.26. The van der Waals surface area contributed by atoms with Gasteiger partial charge >= 0.3 is 0 Å². The number of hydrogen-bond donors (Lipinski definition) is 1. The Morgan fingerprint density at radius 2 is 2.24 bits per heavy atom. The van der Waals surface area contributed by atoms with Gasteiger partial charge in [-0.25, -0.2) is 9.97 Å². The molecule has 1 atom stereocenters. The van der Waals surface area contributed by atoms with Gasteiger partial charge < -0.3 is 10.6 Å². The van der Waals surface area contributed by atoms with Gasteiger partial charge in [0.25, 0.3) is 0 Å². The highest BCUT2D eigenvalue weighted by Gasteiger charge is 2.25. The number of hydrogen-bond acceptors (Lipinski definition) is 4. The zero-order valence-electron chi connectivity index (χ0n) is 10.3. The fourth-order valence-electron chi connectivity index (χ4n) is 2.15. The number of nitrogens with two attached hydrogens (primary N) is 1. The highest BCUT2D eigenvalue weighted by molar-refractivity contribution is 7.80. The van der Waals surface area contributed by atoms with Crippen LogP contribution in [0.5, 0.6) is 0 Å². The molecule has 1 aliphatic heterocycles. The molecule has 1 saturated heterocycles. The molecule has 4 nitrogen and oxygen atoms in total. The molecule has 0 saturated carbocycles. The van der Waals surface area contributed by atoms with E-state index in [-0.39, 0.29) is 0 Å². The van der Waals surface area contributed by atoms with Crippen LogP contribution in [0.2, 0.25) is 0 Å². The number of anilines is 1. The third-order valence-corrected chi connectivity index (χ3v) is 3.59. The van der Waals surface area contributed by atoms with Gasteiger partial charge in [-0.1, -0.05) is 26.1 Å². The van der Waals surface area contributed by atoms with Crippen LogP contribution in [-0.4, -0.2) is 28.0 Å². The topological polar surface area (TPSA) is 55.0 Å². The summed E-state index contributed by atoms with van der Waals surface area (Å²) in [4.78, 5) is 11.2. The molecule has 2 heterocycles. The molecular weight excluding hydrogens is 232 g/mol. The summed E-state index contributed by atoms with van der Waals surface area (Å²) in [5.41, 5.74) is 6.08. The molecule has 1 fully saturated rings. The first-order valence-electron chi connectivity index (χ1n) is 5.94. The molecule has 1 unspecified atom stereocenters. The Labute approximate surface area is 107 Å². The van der Waals surface area contributed by atoms with Gasteiger partial charge in [0.2, 0.25) is 0 Å². The van der Waals surface area contributed by atoms with E-state index in [0.29, 0.717) is 10.7 Å². The smallest absolute Gasteiger partial charge is 0.147 e. The monoisotopic (exact) mass is 250 g/mol. The van der Waals surface area contributed by atoms with Crippen LogP contribution in [0, 0.1) is 11.8 Å². The van der Waals surface area contributed by atoms with Crippen LogP contribution < -0.4 is 10.6 Å². The SMILES string of the molecule is CC(C)C1CCN(c2cnc(C(N)=S)cn2)C1. The summed E-state index contributed by atoms with van der Waals surface area (Å²) in [5, 5.41) is 0. The van der Waals surface area contributed by atoms with E-state index < -0.39 is 0 Å². The first-order valence-corrected chi connectivity index (χ1v) is 6.35. The average Bonchev–Trinajstić information content (AvgIpc) is 2.78. The largest absolute Gasteiger partial charge is 0.388 e. The Morgan fingerprint density at radius 1 is 1.47 bits per heavy atom. The molecule has 0 aliphatic carbocycles. The number of thiocarbonyl (C=S) groups is 1. The molecule has 92 valence electrons. The molecule has 1 aromatic heterocycles. The number of aromatic nitrogens is 2. The van der Waals surface area contributed by atoms with Crippen LogP contribution in [0.15, 0.2) is 12.4 Å². The molecule has 0 bridgehead atoms. The lowest BCUT2D eigenvalue weighted by Gasteiger charge is -2.18. The van der Waals surface area contributed by atoms with Gasteiger partial charge in [0, 0.05) is 13.1 Å². The third-order valence-electron chi connectivity index (χ3n) is 3.38. The molecular formula is C12H18N4S. The van der Waals surface area contributed by atoms with E-state index in [0.717, 1.165) is 30.7 Å². The summed E-state index contributed by atoms with van der Waals surface area (Å²) in [6.45, 7) is 6.67. The quantitative estimate of drug-likeness (QED) is 0.826. The maximum Gasteiger partial charge on any atom is 0.147 e. The van der Waals surface area contributed by atoms with Gasteiger partial charge in [0.1, 0.15) is 16.5 Å². The molecule has 0 amide bonds. The zero-order valence-corrected chi connectivity index (χ0v) is 11.1. The maximum atomic E-state index is 5.49. The summed E-state index contributed by atoms with van der Waals surface area (Å²) < 4.78 is 0. The summed E-state index contributed by atoms with van der Waals surface area (Å²) in [5.74, 6) is 2.41. The highest BCUT2D eigenvalue weighted by atomic mass is 32.1. The minimum Gasteiger partial charge on any atom is -0.388 e. The first-order chi connectivity index (χ1) is 8.08. The van der Waals surface area contributed by atoms with Gasteiger partial charge in [0.15, 0.2) is 0 Å². The van der Waals surface area contributed by atoms with Crippen molar-refractivity contribution in [2.24, 2.45) is 17.6 Å². The Kier molecular flexibility index (Phi) is 3.57. The van der Waals surface area contributed by atoms with Crippen molar-refractivity contribution >= 4 is 23.0 Å². The summed E-state index contributed by atoms with van der Waals surface area (Å²) in [6.07, 6.45) is 4.65. The Balaban J connectivity index is 2.06. The zero-order chi connectivity index (χ0) is 12.4. The lowest BCUT2D eigenvalue weighted by molar-refractivity contribution is 0.422. The molecule has 17 heavy (non-hydrogen) atoms. The van der Waals surface area contributed by atoms with Crippen molar-refractivity contribution in [3.05, 3.63) is 18.1 Å². The second-order valence-electron chi connectivity index (χ2n) is 4.86. The summed E-state index contributed by atoms with van der Waals surface area (Å²) in [7, 11) is 0. The Bertz CT molecular complexity index is 401. The lowest BCUT2D eigenvalue weighted by atomic mass is 9.95. The highest BCUT2D eigenvalue weighted by Crippen LogP contribution is 2.26. The van der Waals surface area contributed by atoms with Crippen molar-refractivity contribution in [1.29, 1.82) is 0 Å². The van der Waals surface area contributed by atoms with Crippen molar-refractivity contribution in [3.8, 4) is 0 Å². The third kappa shape index (κ3) is 2.72. The van der Waals surface area contributed by atoms with Crippen LogP contribution in [0.4, 0.5) is 5.82 Å². The predicted molar refractivity (Wildman–Crippen MR) is 73.1 cm³/mol. The van der Waals surface area contributed by atoms with Crippen molar-refractivity contribution in [2.75, 3.05) is 18.0 Å². The molecule has 1 aliphatic rings. The molecule has 2 rings (SSSR count). The second kappa shape index (κ2) is 4.96. The molecule has 2 N–H and O–H groups in total. The minimum atomic E-state index is 0.297. The maximum absolute atomic E-state index is 5.49. The molecule has 0 spiro atoms. The van der Waals surface area contributed by atoms with Crippen LogP contribution in [0.1, 0.15) is 26.0 Å². The van der Waals surface area contributed by atoms with E-state index in [9.17, 15) is 0 Å². The second-order valence-corrected chi connectivity index (χ2v) is 5.30. The first kappa shape index (κ1) is 12.2.